The van der Waals surface area contributed by atoms with E-state index in [1.165, 1.54) is 18.4 Å². The summed E-state index contributed by atoms with van der Waals surface area (Å²) in [5.74, 6) is 0.740. The van der Waals surface area contributed by atoms with Gasteiger partial charge >= 0.3 is 5.97 Å². The Labute approximate surface area is 183 Å². The molecule has 3 rings (SSSR count). The van der Waals surface area contributed by atoms with E-state index in [1.807, 2.05) is 12.1 Å². The molecule has 0 saturated carbocycles. The SMILES string of the molecule is COc1ccccc1NC(=O)COC(=O)Cc1csc(-c2ccc(OC)c(OC)c2)n1. The minimum Gasteiger partial charge on any atom is -0.495 e. The number of nitrogens with zero attached hydrogens (tertiary/aromatic N) is 1. The molecule has 162 valence electrons. The van der Waals surface area contributed by atoms with Gasteiger partial charge in [-0.3, -0.25) is 9.59 Å². The number of carbonyl (C=O) groups is 2. The van der Waals surface area contributed by atoms with E-state index in [9.17, 15) is 9.59 Å². The van der Waals surface area contributed by atoms with Crippen LogP contribution in [0.2, 0.25) is 0 Å². The Morgan fingerprint density at radius 3 is 2.45 bits per heavy atom. The van der Waals surface area contributed by atoms with E-state index in [0.717, 1.165) is 10.6 Å². The molecule has 9 heteroatoms. The second-order valence-corrected chi connectivity index (χ2v) is 7.16. The number of nitrogens with one attached hydrogen (secondary N) is 1. The second-order valence-electron chi connectivity index (χ2n) is 6.30. The summed E-state index contributed by atoms with van der Waals surface area (Å²) in [6.07, 6.45) is -0.0360. The zero-order valence-electron chi connectivity index (χ0n) is 17.3. The molecule has 1 amide bonds. The molecule has 0 spiro atoms. The van der Waals surface area contributed by atoms with Crippen molar-refractivity contribution in [3.05, 3.63) is 53.5 Å². The molecule has 0 unspecified atom stereocenters. The zero-order valence-corrected chi connectivity index (χ0v) is 18.2. The van der Waals surface area contributed by atoms with Gasteiger partial charge in [0.2, 0.25) is 0 Å². The van der Waals surface area contributed by atoms with Gasteiger partial charge in [-0.1, -0.05) is 12.1 Å². The number of rotatable bonds is 9. The van der Waals surface area contributed by atoms with Crippen LogP contribution < -0.4 is 19.5 Å². The highest BCUT2D eigenvalue weighted by molar-refractivity contribution is 7.13. The summed E-state index contributed by atoms with van der Waals surface area (Å²) in [7, 11) is 4.64. The molecule has 0 radical (unpaired) electrons. The normalized spacial score (nSPS) is 10.3. The van der Waals surface area contributed by atoms with Crippen molar-refractivity contribution >= 4 is 28.9 Å². The molecule has 8 nitrogen and oxygen atoms in total. The Kier molecular flexibility index (Phi) is 7.45. The summed E-state index contributed by atoms with van der Waals surface area (Å²) in [5.41, 5.74) is 1.91. The molecule has 31 heavy (non-hydrogen) atoms. The van der Waals surface area contributed by atoms with Crippen LogP contribution in [0.15, 0.2) is 47.8 Å². The fourth-order valence-corrected chi connectivity index (χ4v) is 3.59. The maximum Gasteiger partial charge on any atom is 0.312 e. The van der Waals surface area contributed by atoms with Crippen LogP contribution in [0.4, 0.5) is 5.69 Å². The summed E-state index contributed by atoms with van der Waals surface area (Å²) in [5, 5.41) is 5.16. The quantitative estimate of drug-likeness (QED) is 0.506. The summed E-state index contributed by atoms with van der Waals surface area (Å²) >= 11 is 1.40. The molecule has 1 heterocycles. The first kappa shape index (κ1) is 22.1. The number of carbonyl (C=O) groups excluding carboxylic acids is 2. The van der Waals surface area contributed by atoms with Crippen LogP contribution in [0, 0.1) is 0 Å². The third-order valence-electron chi connectivity index (χ3n) is 4.25. The molecule has 0 aliphatic rings. The molecule has 0 fully saturated rings. The van der Waals surface area contributed by atoms with Gasteiger partial charge in [-0.15, -0.1) is 11.3 Å². The number of benzene rings is 2. The third-order valence-corrected chi connectivity index (χ3v) is 5.19. The van der Waals surface area contributed by atoms with E-state index in [1.54, 1.807) is 49.9 Å². The first-order chi connectivity index (χ1) is 15.0. The average molecular weight is 442 g/mol. The number of esters is 1. The van der Waals surface area contributed by atoms with Crippen molar-refractivity contribution in [2.24, 2.45) is 0 Å². The minimum absolute atomic E-state index is 0.0360. The molecular weight excluding hydrogens is 420 g/mol. The van der Waals surface area contributed by atoms with E-state index in [-0.39, 0.29) is 6.42 Å². The predicted octanol–water partition coefficient (Wildman–Crippen LogP) is 3.56. The molecule has 3 aromatic rings. The number of aromatic nitrogens is 1. The summed E-state index contributed by atoms with van der Waals surface area (Å²) < 4.78 is 20.8. The van der Waals surface area contributed by atoms with Gasteiger partial charge in [0.05, 0.1) is 39.1 Å². The lowest BCUT2D eigenvalue weighted by molar-refractivity contribution is -0.146. The molecule has 0 bridgehead atoms. The maximum atomic E-state index is 12.1. The van der Waals surface area contributed by atoms with Crippen LogP contribution in [0.3, 0.4) is 0 Å². The Morgan fingerprint density at radius 2 is 1.71 bits per heavy atom. The van der Waals surface area contributed by atoms with Gasteiger partial charge in [0.15, 0.2) is 18.1 Å². The number of amides is 1. The lowest BCUT2D eigenvalue weighted by Gasteiger charge is -2.10. The highest BCUT2D eigenvalue weighted by Gasteiger charge is 2.14. The first-order valence-corrected chi connectivity index (χ1v) is 10.2. The van der Waals surface area contributed by atoms with Crippen LogP contribution >= 0.6 is 11.3 Å². The standard InChI is InChI=1S/C22H22N2O6S/c1-27-17-7-5-4-6-16(17)24-20(25)12-30-21(26)11-15-13-31-22(23-15)14-8-9-18(28-2)19(10-14)29-3/h4-10,13H,11-12H2,1-3H3,(H,24,25). The molecule has 0 aliphatic heterocycles. The van der Waals surface area contributed by atoms with Crippen molar-refractivity contribution in [1.82, 2.24) is 4.98 Å². The number of para-hydroxylation sites is 2. The maximum absolute atomic E-state index is 12.1. The zero-order chi connectivity index (χ0) is 22.2. The van der Waals surface area contributed by atoms with E-state index in [4.69, 9.17) is 18.9 Å². The van der Waals surface area contributed by atoms with Crippen molar-refractivity contribution in [2.75, 3.05) is 33.3 Å². The fourth-order valence-electron chi connectivity index (χ4n) is 2.77. The lowest BCUT2D eigenvalue weighted by atomic mass is 10.2. The number of ether oxygens (including phenoxy) is 4. The second kappa shape index (κ2) is 10.4. The van der Waals surface area contributed by atoms with Crippen LogP contribution in [0.5, 0.6) is 17.2 Å². The average Bonchev–Trinajstić information content (AvgIpc) is 3.26. The van der Waals surface area contributed by atoms with E-state index >= 15 is 0 Å². The number of anilines is 1. The van der Waals surface area contributed by atoms with Crippen molar-refractivity contribution in [1.29, 1.82) is 0 Å². The molecule has 0 saturated heterocycles. The Bertz CT molecular complexity index is 1070. The third kappa shape index (κ3) is 5.73. The van der Waals surface area contributed by atoms with E-state index < -0.39 is 18.5 Å². The Hall–Kier alpha value is -3.59. The number of thiazole rings is 1. The lowest BCUT2D eigenvalue weighted by Crippen LogP contribution is -2.22. The van der Waals surface area contributed by atoms with Gasteiger partial charge < -0.3 is 24.3 Å². The van der Waals surface area contributed by atoms with Gasteiger partial charge in [-0.2, -0.15) is 0 Å². The van der Waals surface area contributed by atoms with E-state index in [0.29, 0.717) is 28.6 Å². The fraction of sp³-hybridized carbons (Fsp3) is 0.227. The summed E-state index contributed by atoms with van der Waals surface area (Å²) in [4.78, 5) is 28.7. The molecular formula is C22H22N2O6S. The topological polar surface area (TPSA) is 96.0 Å². The monoisotopic (exact) mass is 442 g/mol. The smallest absolute Gasteiger partial charge is 0.312 e. The molecule has 1 aromatic heterocycles. The van der Waals surface area contributed by atoms with Gasteiger partial charge in [-0.05, 0) is 30.3 Å². The van der Waals surface area contributed by atoms with Crippen LogP contribution in [-0.2, 0) is 20.7 Å². The highest BCUT2D eigenvalue weighted by atomic mass is 32.1. The van der Waals surface area contributed by atoms with Crippen molar-refractivity contribution in [3.8, 4) is 27.8 Å². The number of methoxy groups -OCH3 is 3. The van der Waals surface area contributed by atoms with Crippen LogP contribution in [0.25, 0.3) is 10.6 Å². The van der Waals surface area contributed by atoms with Gasteiger partial charge in [0, 0.05) is 10.9 Å². The molecule has 0 atom stereocenters. The minimum atomic E-state index is -0.542. The first-order valence-electron chi connectivity index (χ1n) is 9.29. The van der Waals surface area contributed by atoms with Crippen molar-refractivity contribution < 1.29 is 28.5 Å². The highest BCUT2D eigenvalue weighted by Crippen LogP contribution is 2.33. The van der Waals surface area contributed by atoms with Crippen LogP contribution in [-0.4, -0.2) is 44.8 Å². The number of hydrogen-bond acceptors (Lipinski definition) is 8. The Balaban J connectivity index is 1.55. The molecule has 2 aromatic carbocycles. The summed E-state index contributed by atoms with van der Waals surface area (Å²) in [6.45, 7) is -0.399. The van der Waals surface area contributed by atoms with Gasteiger partial charge in [0.25, 0.3) is 5.91 Å². The van der Waals surface area contributed by atoms with Gasteiger partial charge in [0.1, 0.15) is 10.8 Å². The van der Waals surface area contributed by atoms with Gasteiger partial charge in [-0.25, -0.2) is 4.98 Å². The van der Waals surface area contributed by atoms with E-state index in [2.05, 4.69) is 10.3 Å². The number of hydrogen-bond donors (Lipinski definition) is 1. The molecule has 0 aliphatic carbocycles. The summed E-state index contributed by atoms with van der Waals surface area (Å²) in [6, 6.07) is 12.5. The van der Waals surface area contributed by atoms with Crippen LogP contribution in [0.1, 0.15) is 5.69 Å². The molecule has 1 N–H and O–H groups in total. The largest absolute Gasteiger partial charge is 0.495 e. The Morgan fingerprint density at radius 1 is 0.968 bits per heavy atom. The predicted molar refractivity (Wildman–Crippen MR) is 117 cm³/mol. The van der Waals surface area contributed by atoms with Crippen molar-refractivity contribution in [3.63, 3.8) is 0 Å². The van der Waals surface area contributed by atoms with Crippen molar-refractivity contribution in [2.45, 2.75) is 6.42 Å².